The predicted octanol–water partition coefficient (Wildman–Crippen LogP) is 3.45. The number of nitrogens with zero attached hydrogens (tertiary/aromatic N) is 3. The van der Waals surface area contributed by atoms with Crippen molar-refractivity contribution in [3.8, 4) is 11.5 Å². The van der Waals surface area contributed by atoms with Gasteiger partial charge in [0.25, 0.3) is 0 Å². The predicted molar refractivity (Wildman–Crippen MR) is 146 cm³/mol. The van der Waals surface area contributed by atoms with Crippen LogP contribution in [0.4, 0.5) is 18.9 Å². The number of carbonyl (C=O) groups excluding carboxylic acids is 2. The number of amides is 2. The van der Waals surface area contributed by atoms with Crippen molar-refractivity contribution in [2.24, 2.45) is 0 Å². The first-order valence-corrected chi connectivity index (χ1v) is 14.1. The van der Waals surface area contributed by atoms with E-state index >= 15 is 0 Å². The van der Waals surface area contributed by atoms with Crippen LogP contribution in [0.2, 0.25) is 5.02 Å². The quantitative estimate of drug-likeness (QED) is 0.445. The van der Waals surface area contributed by atoms with Gasteiger partial charge in [-0.2, -0.15) is 13.2 Å². The van der Waals surface area contributed by atoms with Crippen LogP contribution in [0.3, 0.4) is 0 Å². The first kappa shape index (κ1) is 30.1. The lowest BCUT2D eigenvalue weighted by Crippen LogP contribution is -2.65. The molecule has 2 aliphatic rings. The number of piperidine rings is 1. The Bertz CT molecular complexity index is 1220. The van der Waals surface area contributed by atoms with Crippen LogP contribution in [0, 0.1) is 0 Å². The van der Waals surface area contributed by atoms with E-state index in [1.807, 2.05) is 18.2 Å². The number of nitrogens with one attached hydrogen (secondary N) is 2. The van der Waals surface area contributed by atoms with E-state index in [0.717, 1.165) is 23.5 Å². The maximum Gasteiger partial charge on any atom is 0.417 e. The second-order valence-electron chi connectivity index (χ2n) is 9.49. The second-order valence-corrected chi connectivity index (χ2v) is 10.9. The summed E-state index contributed by atoms with van der Waals surface area (Å²) in [6, 6.07) is 6.39. The SMILES string of the molecule is COc1ccc(N2CCN(C(=O)C3(NC(=O)CSc4ncc(C(F)(F)F)cc4Cl)CCNCC3)CC2)c(OC)c1. The molecule has 0 radical (unpaired) electrons. The Morgan fingerprint density at radius 1 is 1.12 bits per heavy atom. The minimum Gasteiger partial charge on any atom is -0.497 e. The van der Waals surface area contributed by atoms with E-state index in [-0.39, 0.29) is 21.7 Å². The molecule has 2 aliphatic heterocycles. The third kappa shape index (κ3) is 6.87. The molecule has 2 aromatic rings. The molecule has 2 saturated heterocycles. The normalized spacial score (nSPS) is 17.4. The summed E-state index contributed by atoms with van der Waals surface area (Å²) < 4.78 is 49.5. The molecular formula is C26H31ClF3N5O4S. The van der Waals surface area contributed by atoms with Gasteiger partial charge in [-0.15, -0.1) is 0 Å². The highest BCUT2D eigenvalue weighted by atomic mass is 35.5. The van der Waals surface area contributed by atoms with Gasteiger partial charge in [-0.05, 0) is 44.1 Å². The second kappa shape index (κ2) is 12.7. The lowest BCUT2D eigenvalue weighted by atomic mass is 9.86. The van der Waals surface area contributed by atoms with Crippen molar-refractivity contribution < 1.29 is 32.2 Å². The lowest BCUT2D eigenvalue weighted by Gasteiger charge is -2.43. The van der Waals surface area contributed by atoms with Crippen LogP contribution in [0.1, 0.15) is 18.4 Å². The van der Waals surface area contributed by atoms with Gasteiger partial charge in [-0.1, -0.05) is 23.4 Å². The average molecular weight is 602 g/mol. The number of benzene rings is 1. The average Bonchev–Trinajstić information content (AvgIpc) is 2.95. The van der Waals surface area contributed by atoms with Gasteiger partial charge < -0.3 is 29.9 Å². The molecule has 3 heterocycles. The highest BCUT2D eigenvalue weighted by Crippen LogP contribution is 2.35. The van der Waals surface area contributed by atoms with Gasteiger partial charge in [0.2, 0.25) is 11.8 Å². The minimum atomic E-state index is -4.56. The van der Waals surface area contributed by atoms with Gasteiger partial charge in [0.15, 0.2) is 0 Å². The van der Waals surface area contributed by atoms with Crippen LogP contribution in [-0.4, -0.2) is 86.5 Å². The van der Waals surface area contributed by atoms with E-state index in [1.165, 1.54) is 0 Å². The molecule has 14 heteroatoms. The number of hydrogen-bond donors (Lipinski definition) is 2. The first-order valence-electron chi connectivity index (χ1n) is 12.7. The zero-order chi connectivity index (χ0) is 28.9. The number of carbonyl (C=O) groups is 2. The number of hydrogen-bond acceptors (Lipinski definition) is 8. The molecule has 2 N–H and O–H groups in total. The molecule has 0 atom stereocenters. The molecule has 0 unspecified atom stereocenters. The number of ether oxygens (including phenoxy) is 2. The Kier molecular flexibility index (Phi) is 9.57. The number of anilines is 1. The fourth-order valence-electron chi connectivity index (χ4n) is 4.87. The number of rotatable bonds is 8. The molecule has 4 rings (SSSR count). The molecule has 9 nitrogen and oxygen atoms in total. The van der Waals surface area contributed by atoms with Gasteiger partial charge in [0.1, 0.15) is 22.1 Å². The van der Waals surface area contributed by atoms with Crippen molar-refractivity contribution in [1.82, 2.24) is 20.5 Å². The fourth-order valence-corrected chi connectivity index (χ4v) is 5.86. The van der Waals surface area contributed by atoms with E-state index in [9.17, 15) is 22.8 Å². The molecule has 1 aromatic heterocycles. The van der Waals surface area contributed by atoms with Gasteiger partial charge in [-0.25, -0.2) is 4.98 Å². The summed E-state index contributed by atoms with van der Waals surface area (Å²) >= 11 is 6.90. The van der Waals surface area contributed by atoms with Crippen molar-refractivity contribution in [1.29, 1.82) is 0 Å². The number of methoxy groups -OCH3 is 2. The summed E-state index contributed by atoms with van der Waals surface area (Å²) in [4.78, 5) is 34.5. The van der Waals surface area contributed by atoms with Crippen LogP contribution < -0.4 is 25.0 Å². The van der Waals surface area contributed by atoms with Gasteiger partial charge in [-0.3, -0.25) is 9.59 Å². The monoisotopic (exact) mass is 601 g/mol. The molecule has 2 amide bonds. The van der Waals surface area contributed by atoms with Crippen molar-refractivity contribution in [3.05, 3.63) is 41.0 Å². The number of thioether (sulfide) groups is 1. The standard InChI is InChI=1S/C26H31ClF3N5O4S/c1-38-18-3-4-20(21(14-18)39-2)34-9-11-35(12-10-34)24(37)25(5-7-31-8-6-25)33-22(36)16-40-23-19(27)13-17(15-32-23)26(28,29)30/h3-4,13-15,31H,5-12,16H2,1-2H3,(H,33,36). The molecule has 40 heavy (non-hydrogen) atoms. The number of pyridine rings is 1. The van der Waals surface area contributed by atoms with Crippen LogP contribution in [-0.2, 0) is 15.8 Å². The molecule has 2 fully saturated rings. The summed E-state index contributed by atoms with van der Waals surface area (Å²) in [6.07, 6.45) is -3.03. The first-order chi connectivity index (χ1) is 19.1. The Labute approximate surface area is 239 Å². The van der Waals surface area contributed by atoms with Gasteiger partial charge in [0, 0.05) is 38.4 Å². The van der Waals surface area contributed by atoms with Crippen LogP contribution in [0.25, 0.3) is 0 Å². The highest BCUT2D eigenvalue weighted by molar-refractivity contribution is 8.00. The maximum atomic E-state index is 13.8. The van der Waals surface area contributed by atoms with Crippen LogP contribution in [0.15, 0.2) is 35.5 Å². The summed E-state index contributed by atoms with van der Waals surface area (Å²) in [5, 5.41) is 6.09. The van der Waals surface area contributed by atoms with Crippen LogP contribution >= 0.6 is 23.4 Å². The number of piperazine rings is 1. The van der Waals surface area contributed by atoms with Gasteiger partial charge >= 0.3 is 6.18 Å². The van der Waals surface area contributed by atoms with Crippen molar-refractivity contribution in [3.63, 3.8) is 0 Å². The zero-order valence-electron chi connectivity index (χ0n) is 22.1. The van der Waals surface area contributed by atoms with Crippen molar-refractivity contribution in [2.45, 2.75) is 29.6 Å². The molecule has 218 valence electrons. The number of halogens is 4. The van der Waals surface area contributed by atoms with E-state index in [0.29, 0.717) is 69.8 Å². The summed E-state index contributed by atoms with van der Waals surface area (Å²) in [5.74, 6) is 0.666. The van der Waals surface area contributed by atoms with E-state index in [4.69, 9.17) is 21.1 Å². The molecule has 0 bridgehead atoms. The van der Waals surface area contributed by atoms with E-state index < -0.39 is 23.2 Å². The molecule has 0 aliphatic carbocycles. The Morgan fingerprint density at radius 2 is 1.82 bits per heavy atom. The largest absolute Gasteiger partial charge is 0.497 e. The number of alkyl halides is 3. The summed E-state index contributed by atoms with van der Waals surface area (Å²) in [7, 11) is 3.19. The highest BCUT2D eigenvalue weighted by Gasteiger charge is 2.44. The molecule has 0 saturated carbocycles. The third-order valence-electron chi connectivity index (χ3n) is 7.01. The van der Waals surface area contributed by atoms with E-state index in [2.05, 4.69) is 20.5 Å². The lowest BCUT2D eigenvalue weighted by molar-refractivity contribution is -0.143. The Morgan fingerprint density at radius 3 is 2.42 bits per heavy atom. The molecule has 1 aromatic carbocycles. The van der Waals surface area contributed by atoms with Crippen LogP contribution in [0.5, 0.6) is 11.5 Å². The molecular weight excluding hydrogens is 571 g/mol. The van der Waals surface area contributed by atoms with Crippen molar-refractivity contribution >= 4 is 40.9 Å². The van der Waals surface area contributed by atoms with Crippen molar-refractivity contribution in [2.75, 3.05) is 64.1 Å². The zero-order valence-corrected chi connectivity index (χ0v) is 23.7. The van der Waals surface area contributed by atoms with Gasteiger partial charge in [0.05, 0.1) is 36.2 Å². The molecule has 0 spiro atoms. The third-order valence-corrected chi connectivity index (χ3v) is 8.42. The van der Waals surface area contributed by atoms with E-state index in [1.54, 1.807) is 19.1 Å². The Balaban J connectivity index is 1.39. The topological polar surface area (TPSA) is 96.0 Å². The number of aromatic nitrogens is 1. The Hall–Kier alpha value is -2.90. The summed E-state index contributed by atoms with van der Waals surface area (Å²) in [5.41, 5.74) is -1.12. The summed E-state index contributed by atoms with van der Waals surface area (Å²) in [6.45, 7) is 3.25. The maximum absolute atomic E-state index is 13.8. The smallest absolute Gasteiger partial charge is 0.417 e. The minimum absolute atomic E-state index is 0.112. The fraction of sp³-hybridized carbons (Fsp3) is 0.500.